The highest BCUT2D eigenvalue weighted by atomic mass is 16.5. The third-order valence-corrected chi connectivity index (χ3v) is 5.72. The second-order valence-electron chi connectivity index (χ2n) is 8.73. The zero-order valence-corrected chi connectivity index (χ0v) is 20.2. The van der Waals surface area contributed by atoms with Crippen LogP contribution in [0, 0.1) is 5.92 Å². The first-order chi connectivity index (χ1) is 17.3. The summed E-state index contributed by atoms with van der Waals surface area (Å²) in [6.45, 7) is 4.18. The Morgan fingerprint density at radius 1 is 1.06 bits per heavy atom. The monoisotopic (exact) mass is 486 g/mol. The maximum absolute atomic E-state index is 13.2. The van der Waals surface area contributed by atoms with Gasteiger partial charge in [0, 0.05) is 23.6 Å². The lowest BCUT2D eigenvalue weighted by molar-refractivity contribution is -0.132. The molecule has 2 aromatic carbocycles. The van der Waals surface area contributed by atoms with E-state index in [4.69, 9.17) is 9.47 Å². The second kappa shape index (κ2) is 10.4. The van der Waals surface area contributed by atoms with Crippen molar-refractivity contribution < 1.29 is 29.0 Å². The van der Waals surface area contributed by atoms with Gasteiger partial charge in [0.25, 0.3) is 11.7 Å². The van der Waals surface area contributed by atoms with E-state index in [2.05, 4.69) is 4.98 Å². The molecule has 0 aliphatic carbocycles. The number of hydrogen-bond donors (Lipinski definition) is 1. The van der Waals surface area contributed by atoms with E-state index in [1.807, 2.05) is 13.8 Å². The van der Waals surface area contributed by atoms with Gasteiger partial charge in [-0.1, -0.05) is 32.0 Å². The number of anilines is 1. The number of benzene rings is 2. The molecule has 1 unspecified atom stereocenters. The number of esters is 1. The van der Waals surface area contributed by atoms with Crippen LogP contribution in [0.4, 0.5) is 5.69 Å². The molecule has 2 heterocycles. The topological polar surface area (TPSA) is 106 Å². The fourth-order valence-corrected chi connectivity index (χ4v) is 3.96. The largest absolute Gasteiger partial charge is 0.507 e. The molecule has 0 radical (unpaired) electrons. The van der Waals surface area contributed by atoms with Gasteiger partial charge in [0.2, 0.25) is 0 Å². The Morgan fingerprint density at radius 3 is 2.44 bits per heavy atom. The summed E-state index contributed by atoms with van der Waals surface area (Å²) in [5, 5.41) is 11.2. The number of carbonyl (C=O) groups is 3. The SMILES string of the molecule is COc1cccc(/C(O)=C2\C(=O)C(=O)N(c3ccc(C(=O)OCC(C)C)cc3)C2c2cccnc2)c1. The van der Waals surface area contributed by atoms with Gasteiger partial charge in [-0.3, -0.25) is 19.5 Å². The van der Waals surface area contributed by atoms with Crippen LogP contribution in [0.25, 0.3) is 5.76 Å². The standard InChI is InChI=1S/C28H26N2O6/c1-17(2)16-36-28(34)18-9-11-21(12-10-18)30-24(20-7-5-13-29-15-20)23(26(32)27(30)33)25(31)19-6-4-8-22(14-19)35-3/h4-15,17,24,31H,16H2,1-3H3/b25-23+. The van der Waals surface area contributed by atoms with Gasteiger partial charge in [-0.15, -0.1) is 0 Å². The van der Waals surface area contributed by atoms with E-state index in [-0.39, 0.29) is 17.3 Å². The van der Waals surface area contributed by atoms with Gasteiger partial charge in [-0.2, -0.15) is 0 Å². The molecule has 1 atom stereocenters. The fourth-order valence-electron chi connectivity index (χ4n) is 3.96. The summed E-state index contributed by atoms with van der Waals surface area (Å²) in [6.07, 6.45) is 3.12. The quantitative estimate of drug-likeness (QED) is 0.226. The molecular formula is C28H26N2O6. The van der Waals surface area contributed by atoms with Crippen LogP contribution in [-0.2, 0) is 14.3 Å². The van der Waals surface area contributed by atoms with Crippen LogP contribution in [-0.4, -0.2) is 41.5 Å². The molecular weight excluding hydrogens is 460 g/mol. The van der Waals surface area contributed by atoms with Crippen LogP contribution >= 0.6 is 0 Å². The molecule has 0 spiro atoms. The predicted molar refractivity (Wildman–Crippen MR) is 134 cm³/mol. The Bertz CT molecular complexity index is 1320. The number of aromatic nitrogens is 1. The number of Topliss-reactive ketones (excluding diaryl/α,β-unsaturated/α-hetero) is 1. The van der Waals surface area contributed by atoms with Crippen LogP contribution in [0.1, 0.15) is 41.4 Å². The van der Waals surface area contributed by atoms with Gasteiger partial charge in [-0.05, 0) is 53.9 Å². The summed E-state index contributed by atoms with van der Waals surface area (Å²) >= 11 is 0. The summed E-state index contributed by atoms with van der Waals surface area (Å²) < 4.78 is 10.5. The van der Waals surface area contributed by atoms with Crippen molar-refractivity contribution in [2.75, 3.05) is 18.6 Å². The Hall–Kier alpha value is -4.46. The van der Waals surface area contributed by atoms with Crippen molar-refractivity contribution in [3.63, 3.8) is 0 Å². The number of ketones is 1. The molecule has 1 fully saturated rings. The first-order valence-corrected chi connectivity index (χ1v) is 11.4. The van der Waals surface area contributed by atoms with E-state index in [1.54, 1.807) is 73.1 Å². The number of amides is 1. The van der Waals surface area contributed by atoms with Gasteiger partial charge in [-0.25, -0.2) is 4.79 Å². The lowest BCUT2D eigenvalue weighted by Gasteiger charge is -2.25. The fraction of sp³-hybridized carbons (Fsp3) is 0.214. The molecule has 0 saturated carbocycles. The summed E-state index contributed by atoms with van der Waals surface area (Å²) in [4.78, 5) is 44.2. The maximum atomic E-state index is 13.2. The second-order valence-corrected chi connectivity index (χ2v) is 8.73. The van der Waals surface area contributed by atoms with Crippen molar-refractivity contribution in [3.8, 4) is 5.75 Å². The molecule has 1 aromatic heterocycles. The zero-order chi connectivity index (χ0) is 25.8. The van der Waals surface area contributed by atoms with Crippen LogP contribution in [0.3, 0.4) is 0 Å². The smallest absolute Gasteiger partial charge is 0.338 e. The van der Waals surface area contributed by atoms with Crippen molar-refractivity contribution in [2.45, 2.75) is 19.9 Å². The van der Waals surface area contributed by atoms with E-state index < -0.39 is 23.7 Å². The molecule has 1 amide bonds. The third kappa shape index (κ3) is 4.84. The lowest BCUT2D eigenvalue weighted by atomic mass is 9.96. The van der Waals surface area contributed by atoms with Gasteiger partial charge in [0.1, 0.15) is 11.5 Å². The van der Waals surface area contributed by atoms with Crippen molar-refractivity contribution in [3.05, 3.63) is 95.3 Å². The van der Waals surface area contributed by atoms with Crippen molar-refractivity contribution >= 4 is 29.1 Å². The van der Waals surface area contributed by atoms with Crippen molar-refractivity contribution in [1.82, 2.24) is 4.98 Å². The number of methoxy groups -OCH3 is 1. The van der Waals surface area contributed by atoms with Gasteiger partial charge >= 0.3 is 5.97 Å². The van der Waals surface area contributed by atoms with E-state index in [9.17, 15) is 19.5 Å². The maximum Gasteiger partial charge on any atom is 0.338 e. The lowest BCUT2D eigenvalue weighted by Crippen LogP contribution is -2.29. The minimum absolute atomic E-state index is 0.0679. The van der Waals surface area contributed by atoms with Crippen LogP contribution in [0.2, 0.25) is 0 Å². The molecule has 8 heteroatoms. The summed E-state index contributed by atoms with van der Waals surface area (Å²) in [5.74, 6) is -1.74. The van der Waals surface area contributed by atoms with Gasteiger partial charge in [0.15, 0.2) is 0 Å². The minimum atomic E-state index is -0.927. The first kappa shape index (κ1) is 24.7. The number of aliphatic hydroxyl groups is 1. The highest BCUT2D eigenvalue weighted by molar-refractivity contribution is 6.51. The molecule has 0 bridgehead atoms. The van der Waals surface area contributed by atoms with Crippen LogP contribution in [0.5, 0.6) is 5.75 Å². The molecule has 1 aliphatic rings. The van der Waals surface area contributed by atoms with Gasteiger partial charge < -0.3 is 14.6 Å². The van der Waals surface area contributed by atoms with Crippen molar-refractivity contribution in [2.24, 2.45) is 5.92 Å². The Balaban J connectivity index is 1.78. The van der Waals surface area contributed by atoms with E-state index in [0.29, 0.717) is 34.7 Å². The molecule has 184 valence electrons. The van der Waals surface area contributed by atoms with Gasteiger partial charge in [0.05, 0.1) is 30.9 Å². The number of ether oxygens (including phenoxy) is 2. The molecule has 1 N–H and O–H groups in total. The summed E-state index contributed by atoms with van der Waals surface area (Å²) in [5.41, 5.74) is 1.52. The Labute approximate surface area is 208 Å². The number of carbonyl (C=O) groups excluding carboxylic acids is 3. The third-order valence-electron chi connectivity index (χ3n) is 5.72. The first-order valence-electron chi connectivity index (χ1n) is 11.4. The minimum Gasteiger partial charge on any atom is -0.507 e. The van der Waals surface area contributed by atoms with E-state index in [1.165, 1.54) is 12.0 Å². The van der Waals surface area contributed by atoms with E-state index >= 15 is 0 Å². The summed E-state index contributed by atoms with van der Waals surface area (Å²) in [6, 6.07) is 15.3. The number of hydrogen-bond acceptors (Lipinski definition) is 7. The predicted octanol–water partition coefficient (Wildman–Crippen LogP) is 4.53. The Morgan fingerprint density at radius 2 is 1.81 bits per heavy atom. The molecule has 4 rings (SSSR count). The molecule has 8 nitrogen and oxygen atoms in total. The molecule has 1 saturated heterocycles. The number of pyridine rings is 1. The zero-order valence-electron chi connectivity index (χ0n) is 20.2. The van der Waals surface area contributed by atoms with Crippen LogP contribution < -0.4 is 9.64 Å². The number of aliphatic hydroxyl groups excluding tert-OH is 1. The number of nitrogens with zero attached hydrogens (tertiary/aromatic N) is 2. The normalized spacial score (nSPS) is 16.9. The Kier molecular flexibility index (Phi) is 7.15. The van der Waals surface area contributed by atoms with Crippen LogP contribution in [0.15, 0.2) is 78.6 Å². The highest BCUT2D eigenvalue weighted by Crippen LogP contribution is 2.42. The van der Waals surface area contributed by atoms with Crippen molar-refractivity contribution in [1.29, 1.82) is 0 Å². The van der Waals surface area contributed by atoms with E-state index in [0.717, 1.165) is 0 Å². The average Bonchev–Trinajstić information content (AvgIpc) is 3.17. The molecule has 3 aromatic rings. The summed E-state index contributed by atoms with van der Waals surface area (Å²) in [7, 11) is 1.50. The molecule has 36 heavy (non-hydrogen) atoms. The average molecular weight is 487 g/mol. The highest BCUT2D eigenvalue weighted by Gasteiger charge is 2.47. The molecule has 1 aliphatic heterocycles. The number of rotatable bonds is 7.